The van der Waals surface area contributed by atoms with Crippen molar-refractivity contribution >= 4 is 23.8 Å². The number of halogens is 1. The van der Waals surface area contributed by atoms with Crippen LogP contribution >= 0.6 is 11.6 Å². The highest BCUT2D eigenvalue weighted by Gasteiger charge is 2.09. The summed E-state index contributed by atoms with van der Waals surface area (Å²) < 4.78 is 5.96. The van der Waals surface area contributed by atoms with E-state index in [4.69, 9.17) is 16.3 Å². The normalized spacial score (nSPS) is 18.3. The molecule has 0 bridgehead atoms. The highest BCUT2D eigenvalue weighted by atomic mass is 35.5. The molecule has 0 amide bonds. The third-order valence-corrected chi connectivity index (χ3v) is 3.03. The molecule has 0 fully saturated rings. The standard InChI is InChI=1S/C16H17ClO/c1-13(11-12-17)18-16-10-6-8-14-7-4-2-3-5-9-15(14)16/h2-10,13H,11-12H2,1H3/b3-2-,4-2?,5-3?,7-4?,9-5-,14-7?,15-9?/t13-/m0/s1. The van der Waals surface area contributed by atoms with E-state index in [0.29, 0.717) is 5.88 Å². The number of alkyl halides is 1. The van der Waals surface area contributed by atoms with Crippen LogP contribution in [0.1, 0.15) is 24.5 Å². The van der Waals surface area contributed by atoms with Gasteiger partial charge in [-0.15, -0.1) is 11.6 Å². The number of benzene rings is 1. The van der Waals surface area contributed by atoms with Crippen LogP contribution in [0.25, 0.3) is 12.2 Å². The Balaban J connectivity index is 2.30. The lowest BCUT2D eigenvalue weighted by molar-refractivity contribution is 0.218. The van der Waals surface area contributed by atoms with Gasteiger partial charge in [0.15, 0.2) is 0 Å². The van der Waals surface area contributed by atoms with Crippen molar-refractivity contribution in [1.82, 2.24) is 0 Å². The highest BCUT2D eigenvalue weighted by Crippen LogP contribution is 2.27. The summed E-state index contributed by atoms with van der Waals surface area (Å²) >= 11 is 5.74. The summed E-state index contributed by atoms with van der Waals surface area (Å²) in [5.41, 5.74) is 2.30. The predicted octanol–water partition coefficient (Wildman–Crippen LogP) is 4.68. The van der Waals surface area contributed by atoms with E-state index >= 15 is 0 Å². The average Bonchev–Trinajstić information content (AvgIpc) is 2.31. The van der Waals surface area contributed by atoms with Gasteiger partial charge < -0.3 is 4.74 Å². The number of ether oxygens (including phenoxy) is 1. The Morgan fingerprint density at radius 2 is 1.89 bits per heavy atom. The third kappa shape index (κ3) is 3.27. The first-order valence-electron chi connectivity index (χ1n) is 6.18. The van der Waals surface area contributed by atoms with Gasteiger partial charge in [-0.3, -0.25) is 0 Å². The minimum atomic E-state index is 0.132. The Bertz CT molecular complexity index is 486. The van der Waals surface area contributed by atoms with Crippen LogP contribution in [0.3, 0.4) is 0 Å². The zero-order valence-electron chi connectivity index (χ0n) is 10.5. The molecular formula is C16H17ClO. The van der Waals surface area contributed by atoms with Crippen LogP contribution in [0.2, 0.25) is 0 Å². The van der Waals surface area contributed by atoms with Gasteiger partial charge in [0.2, 0.25) is 0 Å². The maximum Gasteiger partial charge on any atom is 0.127 e. The molecule has 0 saturated carbocycles. The van der Waals surface area contributed by atoms with E-state index in [9.17, 15) is 0 Å². The van der Waals surface area contributed by atoms with Crippen molar-refractivity contribution in [3.8, 4) is 5.75 Å². The molecule has 94 valence electrons. The summed E-state index contributed by atoms with van der Waals surface area (Å²) in [5, 5.41) is 0. The maximum atomic E-state index is 5.96. The third-order valence-electron chi connectivity index (χ3n) is 2.82. The second kappa shape index (κ2) is 6.46. The van der Waals surface area contributed by atoms with Crippen molar-refractivity contribution in [1.29, 1.82) is 0 Å². The van der Waals surface area contributed by atoms with Gasteiger partial charge in [0.05, 0.1) is 6.10 Å². The number of rotatable bonds is 4. The molecule has 1 atom stereocenters. The van der Waals surface area contributed by atoms with Gasteiger partial charge in [-0.05, 0) is 25.0 Å². The summed E-state index contributed by atoms with van der Waals surface area (Å²) in [6.07, 6.45) is 13.3. The van der Waals surface area contributed by atoms with Gasteiger partial charge in [0.25, 0.3) is 0 Å². The van der Waals surface area contributed by atoms with E-state index in [1.165, 1.54) is 5.56 Å². The highest BCUT2D eigenvalue weighted by molar-refractivity contribution is 6.17. The molecule has 0 radical (unpaired) electrons. The smallest absolute Gasteiger partial charge is 0.127 e. The van der Waals surface area contributed by atoms with Crippen LogP contribution in [-0.4, -0.2) is 12.0 Å². The van der Waals surface area contributed by atoms with E-state index in [2.05, 4.69) is 18.2 Å². The lowest BCUT2D eigenvalue weighted by Gasteiger charge is -2.17. The molecule has 1 aliphatic carbocycles. The molecule has 1 nitrogen and oxygen atoms in total. The lowest BCUT2D eigenvalue weighted by Crippen LogP contribution is -2.13. The van der Waals surface area contributed by atoms with Crippen molar-refractivity contribution in [2.75, 3.05) is 5.88 Å². The molecule has 0 saturated heterocycles. The quantitative estimate of drug-likeness (QED) is 0.715. The van der Waals surface area contributed by atoms with Gasteiger partial charge in [-0.2, -0.15) is 0 Å². The number of allylic oxidation sites excluding steroid dienone is 4. The number of hydrogen-bond donors (Lipinski definition) is 0. The van der Waals surface area contributed by atoms with Crippen molar-refractivity contribution in [3.05, 3.63) is 53.6 Å². The first kappa shape index (κ1) is 13.0. The van der Waals surface area contributed by atoms with E-state index in [1.54, 1.807) is 0 Å². The molecule has 18 heavy (non-hydrogen) atoms. The monoisotopic (exact) mass is 260 g/mol. The molecule has 1 aromatic rings. The van der Waals surface area contributed by atoms with Crippen LogP contribution in [0, 0.1) is 0 Å². The molecule has 0 unspecified atom stereocenters. The molecule has 1 aromatic carbocycles. The second-order valence-electron chi connectivity index (χ2n) is 4.27. The molecule has 0 spiro atoms. The van der Waals surface area contributed by atoms with Crippen LogP contribution in [-0.2, 0) is 0 Å². The molecule has 0 aromatic heterocycles. The zero-order chi connectivity index (χ0) is 12.8. The molecule has 2 rings (SSSR count). The summed E-state index contributed by atoms with van der Waals surface area (Å²) in [5.74, 6) is 1.54. The number of fused-ring (bicyclic) bond motifs is 1. The maximum absolute atomic E-state index is 5.96. The summed E-state index contributed by atoms with van der Waals surface area (Å²) in [4.78, 5) is 0. The number of hydrogen-bond acceptors (Lipinski definition) is 1. The Labute approximate surface area is 113 Å². The fourth-order valence-electron chi connectivity index (χ4n) is 1.86. The van der Waals surface area contributed by atoms with Gasteiger partial charge in [0.1, 0.15) is 5.75 Å². The van der Waals surface area contributed by atoms with Crippen LogP contribution in [0.15, 0.2) is 42.5 Å². The Morgan fingerprint density at radius 3 is 2.67 bits per heavy atom. The zero-order valence-corrected chi connectivity index (χ0v) is 11.2. The summed E-state index contributed by atoms with van der Waals surface area (Å²) in [7, 11) is 0. The Morgan fingerprint density at radius 1 is 1.11 bits per heavy atom. The van der Waals surface area contributed by atoms with E-state index in [0.717, 1.165) is 17.7 Å². The average molecular weight is 261 g/mol. The van der Waals surface area contributed by atoms with Gasteiger partial charge in [0, 0.05) is 11.4 Å². The Kier molecular flexibility index (Phi) is 4.66. The molecular weight excluding hydrogens is 244 g/mol. The SMILES string of the molecule is C[C@@H](CCCl)Oc1cccc2c1/C=C\C=C/C=C2. The lowest BCUT2D eigenvalue weighted by atomic mass is 10.0. The minimum absolute atomic E-state index is 0.132. The second-order valence-corrected chi connectivity index (χ2v) is 4.65. The molecule has 0 N–H and O–H groups in total. The topological polar surface area (TPSA) is 9.23 Å². The van der Waals surface area contributed by atoms with Crippen molar-refractivity contribution in [2.24, 2.45) is 0 Å². The van der Waals surface area contributed by atoms with Gasteiger partial charge in [-0.1, -0.05) is 48.6 Å². The Hall–Kier alpha value is -1.47. The summed E-state index contributed by atoms with van der Waals surface area (Å²) in [6, 6.07) is 6.12. The molecule has 2 heteroatoms. The first-order valence-corrected chi connectivity index (χ1v) is 6.72. The van der Waals surface area contributed by atoms with Crippen LogP contribution in [0.4, 0.5) is 0 Å². The first-order chi connectivity index (χ1) is 8.81. The fourth-order valence-corrected chi connectivity index (χ4v) is 2.16. The largest absolute Gasteiger partial charge is 0.490 e. The molecule has 0 aliphatic heterocycles. The van der Waals surface area contributed by atoms with Gasteiger partial charge >= 0.3 is 0 Å². The van der Waals surface area contributed by atoms with Crippen LogP contribution < -0.4 is 4.74 Å². The van der Waals surface area contributed by atoms with Crippen molar-refractivity contribution < 1.29 is 4.74 Å². The van der Waals surface area contributed by atoms with Crippen LogP contribution in [0.5, 0.6) is 5.75 Å². The van der Waals surface area contributed by atoms with E-state index in [-0.39, 0.29) is 6.10 Å². The van der Waals surface area contributed by atoms with Crippen molar-refractivity contribution in [2.45, 2.75) is 19.4 Å². The van der Waals surface area contributed by atoms with Crippen molar-refractivity contribution in [3.63, 3.8) is 0 Å². The fraction of sp³-hybridized carbons (Fsp3) is 0.250. The van der Waals surface area contributed by atoms with E-state index < -0.39 is 0 Å². The summed E-state index contributed by atoms with van der Waals surface area (Å²) in [6.45, 7) is 2.05. The minimum Gasteiger partial charge on any atom is -0.490 e. The molecule has 0 heterocycles. The van der Waals surface area contributed by atoms with Gasteiger partial charge in [-0.25, -0.2) is 0 Å². The van der Waals surface area contributed by atoms with E-state index in [1.807, 2.05) is 43.4 Å². The predicted molar refractivity (Wildman–Crippen MR) is 79.1 cm³/mol. The molecule has 1 aliphatic rings.